The van der Waals surface area contributed by atoms with Gasteiger partial charge in [0.1, 0.15) is 17.3 Å². The number of carbonyl (C=O) groups excluding carboxylic acids is 1. The second-order valence-electron chi connectivity index (χ2n) is 3.93. The fourth-order valence-corrected chi connectivity index (χ4v) is 1.57. The van der Waals surface area contributed by atoms with E-state index in [2.05, 4.69) is 5.16 Å². The van der Waals surface area contributed by atoms with E-state index < -0.39 is 0 Å². The van der Waals surface area contributed by atoms with Crippen LogP contribution in [-0.4, -0.2) is 45.2 Å². The summed E-state index contributed by atoms with van der Waals surface area (Å²) in [5.74, 6) is -0.757. The summed E-state index contributed by atoms with van der Waals surface area (Å²) in [6, 6.07) is 3.77. The van der Waals surface area contributed by atoms with Gasteiger partial charge in [-0.25, -0.2) is 0 Å². The molecule has 1 aromatic rings. The van der Waals surface area contributed by atoms with Crippen molar-refractivity contribution in [3.8, 4) is 11.5 Å². The lowest BCUT2D eigenvalue weighted by Gasteiger charge is -2.21. The van der Waals surface area contributed by atoms with E-state index in [-0.39, 0.29) is 41.8 Å². The van der Waals surface area contributed by atoms with Crippen LogP contribution in [0.15, 0.2) is 23.4 Å². The second-order valence-corrected chi connectivity index (χ2v) is 3.93. The first kappa shape index (κ1) is 14.6. The minimum absolute atomic E-state index is 0.0289. The van der Waals surface area contributed by atoms with Crippen molar-refractivity contribution < 1.29 is 20.2 Å². The van der Waals surface area contributed by atoms with E-state index in [9.17, 15) is 15.0 Å². The summed E-state index contributed by atoms with van der Waals surface area (Å²) in [7, 11) is 0. The number of benzene rings is 1. The maximum atomic E-state index is 12.2. The number of amidine groups is 1. The van der Waals surface area contributed by atoms with Crippen molar-refractivity contribution in [3.05, 3.63) is 23.8 Å². The summed E-state index contributed by atoms with van der Waals surface area (Å²) in [5, 5.41) is 30.1. The van der Waals surface area contributed by atoms with Gasteiger partial charge in [-0.3, -0.25) is 4.79 Å². The van der Waals surface area contributed by atoms with Gasteiger partial charge in [0.15, 0.2) is 0 Å². The van der Waals surface area contributed by atoms with Crippen LogP contribution in [0, 0.1) is 0 Å². The Kier molecular flexibility index (Phi) is 4.99. The van der Waals surface area contributed by atoms with Crippen LogP contribution < -0.4 is 5.73 Å². The molecule has 0 saturated heterocycles. The fraction of sp³-hybridized carbons (Fsp3) is 0.333. The number of nitrogens with zero attached hydrogens (tertiary/aromatic N) is 2. The number of hydrogen-bond acceptors (Lipinski definition) is 5. The zero-order chi connectivity index (χ0) is 14.4. The molecule has 0 fully saturated rings. The van der Waals surface area contributed by atoms with Crippen LogP contribution in [0.5, 0.6) is 11.5 Å². The molecule has 7 nitrogen and oxygen atoms in total. The molecule has 0 unspecified atom stereocenters. The maximum absolute atomic E-state index is 12.2. The predicted octanol–water partition coefficient (Wildman–Crippen LogP) is 0.696. The highest BCUT2D eigenvalue weighted by Crippen LogP contribution is 2.23. The van der Waals surface area contributed by atoms with Crippen molar-refractivity contribution in [1.82, 2.24) is 4.90 Å². The third-order valence-corrected chi connectivity index (χ3v) is 2.65. The Bertz CT molecular complexity index is 488. The molecule has 0 heterocycles. The van der Waals surface area contributed by atoms with Crippen LogP contribution in [0.1, 0.15) is 23.7 Å². The van der Waals surface area contributed by atoms with Crippen molar-refractivity contribution >= 4 is 11.7 Å². The maximum Gasteiger partial charge on any atom is 0.257 e. The molecule has 0 aliphatic heterocycles. The molecular formula is C12H17N3O4. The smallest absolute Gasteiger partial charge is 0.257 e. The van der Waals surface area contributed by atoms with Crippen LogP contribution in [-0.2, 0) is 0 Å². The average Bonchev–Trinajstić information content (AvgIpc) is 2.38. The molecule has 0 aliphatic carbocycles. The molecule has 7 heteroatoms. The number of nitrogens with two attached hydrogens (primary N) is 1. The highest BCUT2D eigenvalue weighted by Gasteiger charge is 2.18. The Hall–Kier alpha value is -2.44. The van der Waals surface area contributed by atoms with Crippen molar-refractivity contribution in [1.29, 1.82) is 0 Å². The third kappa shape index (κ3) is 3.77. The molecule has 0 aromatic heterocycles. The summed E-state index contributed by atoms with van der Waals surface area (Å²) in [4.78, 5) is 13.6. The Balaban J connectivity index is 2.83. The Labute approximate surface area is 110 Å². The van der Waals surface area contributed by atoms with Gasteiger partial charge in [-0.1, -0.05) is 5.16 Å². The van der Waals surface area contributed by atoms with Gasteiger partial charge in [0.2, 0.25) is 0 Å². The molecule has 1 aromatic carbocycles. The SMILES string of the molecule is CCN(CC/C(N)=N/O)C(=O)c1ccc(O)cc1O. The normalized spacial score (nSPS) is 11.3. The topological polar surface area (TPSA) is 119 Å². The number of phenolic OH excluding ortho intramolecular Hbond substituents is 2. The van der Waals surface area contributed by atoms with Crippen molar-refractivity contribution in [3.63, 3.8) is 0 Å². The van der Waals surface area contributed by atoms with Crippen LogP contribution in [0.25, 0.3) is 0 Å². The second kappa shape index (κ2) is 6.48. The summed E-state index contributed by atoms with van der Waals surface area (Å²) < 4.78 is 0. The number of oxime groups is 1. The quantitative estimate of drug-likeness (QED) is 0.271. The number of hydrogen-bond donors (Lipinski definition) is 4. The van der Waals surface area contributed by atoms with Gasteiger partial charge in [0, 0.05) is 25.6 Å². The van der Waals surface area contributed by atoms with Gasteiger partial charge in [-0.15, -0.1) is 0 Å². The molecule has 1 rings (SSSR count). The van der Waals surface area contributed by atoms with E-state index in [1.165, 1.54) is 17.0 Å². The first-order valence-corrected chi connectivity index (χ1v) is 5.77. The molecule has 0 saturated carbocycles. The van der Waals surface area contributed by atoms with Crippen LogP contribution >= 0.6 is 0 Å². The monoisotopic (exact) mass is 267 g/mol. The van der Waals surface area contributed by atoms with E-state index in [1.54, 1.807) is 6.92 Å². The minimum Gasteiger partial charge on any atom is -0.508 e. The van der Waals surface area contributed by atoms with Gasteiger partial charge >= 0.3 is 0 Å². The minimum atomic E-state index is -0.384. The number of phenols is 2. The number of rotatable bonds is 5. The number of carbonyl (C=O) groups is 1. The summed E-state index contributed by atoms with van der Waals surface area (Å²) >= 11 is 0. The van der Waals surface area contributed by atoms with Gasteiger partial charge in [-0.2, -0.15) is 0 Å². The lowest BCUT2D eigenvalue weighted by molar-refractivity contribution is 0.0765. The molecule has 0 atom stereocenters. The summed E-state index contributed by atoms with van der Waals surface area (Å²) in [6.07, 6.45) is 0.231. The van der Waals surface area contributed by atoms with Crippen LogP contribution in [0.4, 0.5) is 0 Å². The van der Waals surface area contributed by atoms with Gasteiger partial charge in [-0.05, 0) is 19.1 Å². The first-order valence-electron chi connectivity index (χ1n) is 5.77. The van der Waals surface area contributed by atoms with E-state index in [1.807, 2.05) is 0 Å². The number of amides is 1. The fourth-order valence-electron chi connectivity index (χ4n) is 1.57. The zero-order valence-electron chi connectivity index (χ0n) is 10.6. The average molecular weight is 267 g/mol. The van der Waals surface area contributed by atoms with Gasteiger partial charge < -0.3 is 26.1 Å². The molecule has 0 aliphatic rings. The molecule has 0 spiro atoms. The molecule has 19 heavy (non-hydrogen) atoms. The lowest BCUT2D eigenvalue weighted by atomic mass is 10.1. The Morgan fingerprint density at radius 1 is 1.42 bits per heavy atom. The van der Waals surface area contributed by atoms with Crippen molar-refractivity contribution in [2.75, 3.05) is 13.1 Å². The lowest BCUT2D eigenvalue weighted by Crippen LogP contribution is -2.34. The molecule has 104 valence electrons. The standard InChI is InChI=1S/C12H17N3O4/c1-2-15(6-5-11(13)14-19)12(18)9-4-3-8(16)7-10(9)17/h3-4,7,16-17,19H,2,5-6H2,1H3,(H2,13,14). The van der Waals surface area contributed by atoms with Crippen LogP contribution in [0.3, 0.4) is 0 Å². The van der Waals surface area contributed by atoms with Gasteiger partial charge in [0.25, 0.3) is 5.91 Å². The Morgan fingerprint density at radius 2 is 2.11 bits per heavy atom. The van der Waals surface area contributed by atoms with Crippen molar-refractivity contribution in [2.45, 2.75) is 13.3 Å². The summed E-state index contributed by atoms with van der Waals surface area (Å²) in [5.41, 5.74) is 5.44. The van der Waals surface area contributed by atoms with Crippen molar-refractivity contribution in [2.24, 2.45) is 10.9 Å². The highest BCUT2D eigenvalue weighted by atomic mass is 16.4. The summed E-state index contributed by atoms with van der Waals surface area (Å²) in [6.45, 7) is 2.46. The Morgan fingerprint density at radius 3 is 2.63 bits per heavy atom. The van der Waals surface area contributed by atoms with E-state index in [0.29, 0.717) is 6.54 Å². The largest absolute Gasteiger partial charge is 0.508 e. The molecular weight excluding hydrogens is 250 g/mol. The van der Waals surface area contributed by atoms with E-state index >= 15 is 0 Å². The van der Waals surface area contributed by atoms with E-state index in [0.717, 1.165) is 6.07 Å². The first-order chi connectivity index (χ1) is 8.99. The van der Waals surface area contributed by atoms with Gasteiger partial charge in [0.05, 0.1) is 5.56 Å². The number of aromatic hydroxyl groups is 2. The third-order valence-electron chi connectivity index (χ3n) is 2.65. The predicted molar refractivity (Wildman–Crippen MR) is 69.4 cm³/mol. The molecule has 5 N–H and O–H groups in total. The highest BCUT2D eigenvalue weighted by molar-refractivity contribution is 5.97. The molecule has 0 bridgehead atoms. The van der Waals surface area contributed by atoms with Crippen LogP contribution in [0.2, 0.25) is 0 Å². The molecule has 0 radical (unpaired) electrons. The van der Waals surface area contributed by atoms with E-state index in [4.69, 9.17) is 10.9 Å². The molecule has 1 amide bonds. The zero-order valence-corrected chi connectivity index (χ0v) is 10.6.